The van der Waals surface area contributed by atoms with Crippen molar-refractivity contribution in [1.82, 2.24) is 4.98 Å². The van der Waals surface area contributed by atoms with E-state index in [1.807, 2.05) is 0 Å². The molecule has 0 radical (unpaired) electrons. The summed E-state index contributed by atoms with van der Waals surface area (Å²) in [5, 5.41) is 10.3. The van der Waals surface area contributed by atoms with Crippen molar-refractivity contribution in [2.24, 2.45) is 0 Å². The highest BCUT2D eigenvalue weighted by molar-refractivity contribution is 7.94. The number of carboxylic acid groups (broad SMARTS) is 1. The smallest absolute Gasteiger partial charge is 0.336 e. The number of pyridine rings is 1. The summed E-state index contributed by atoms with van der Waals surface area (Å²) in [6.45, 7) is 1.70. The SMILES string of the molecule is Cc1cc(NS(=O)(=O)c2cc(C(=O)O)cs2)cnc1Cl. The molecule has 2 aromatic heterocycles. The van der Waals surface area contributed by atoms with E-state index in [1.165, 1.54) is 11.6 Å². The molecule has 9 heteroatoms. The molecule has 2 rings (SSSR count). The van der Waals surface area contributed by atoms with Crippen LogP contribution in [0, 0.1) is 6.92 Å². The highest BCUT2D eigenvalue weighted by atomic mass is 35.5. The van der Waals surface area contributed by atoms with Gasteiger partial charge in [-0.15, -0.1) is 11.3 Å². The molecule has 106 valence electrons. The number of hydrogen-bond donors (Lipinski definition) is 2. The van der Waals surface area contributed by atoms with Crippen molar-refractivity contribution in [2.45, 2.75) is 11.1 Å². The molecule has 0 bridgehead atoms. The van der Waals surface area contributed by atoms with E-state index < -0.39 is 16.0 Å². The van der Waals surface area contributed by atoms with Crippen LogP contribution in [0.1, 0.15) is 15.9 Å². The largest absolute Gasteiger partial charge is 0.478 e. The van der Waals surface area contributed by atoms with Gasteiger partial charge in [0.15, 0.2) is 0 Å². The molecule has 0 saturated carbocycles. The Hall–Kier alpha value is -1.64. The fourth-order valence-electron chi connectivity index (χ4n) is 1.39. The number of carbonyl (C=O) groups is 1. The zero-order valence-electron chi connectivity index (χ0n) is 10.1. The molecular weight excluding hydrogens is 324 g/mol. The number of sulfonamides is 1. The minimum absolute atomic E-state index is 0.0687. The van der Waals surface area contributed by atoms with Gasteiger partial charge in [0.2, 0.25) is 0 Å². The third-order valence-electron chi connectivity index (χ3n) is 2.35. The van der Waals surface area contributed by atoms with Crippen molar-refractivity contribution in [1.29, 1.82) is 0 Å². The highest BCUT2D eigenvalue weighted by Crippen LogP contribution is 2.24. The van der Waals surface area contributed by atoms with Gasteiger partial charge in [0, 0.05) is 5.38 Å². The molecule has 20 heavy (non-hydrogen) atoms. The van der Waals surface area contributed by atoms with Gasteiger partial charge in [0.05, 0.1) is 17.4 Å². The normalized spacial score (nSPS) is 11.3. The van der Waals surface area contributed by atoms with Gasteiger partial charge in [-0.05, 0) is 24.6 Å². The lowest BCUT2D eigenvalue weighted by Crippen LogP contribution is -2.12. The minimum Gasteiger partial charge on any atom is -0.478 e. The van der Waals surface area contributed by atoms with Crippen LogP contribution in [0.2, 0.25) is 5.15 Å². The van der Waals surface area contributed by atoms with Crippen LogP contribution in [0.15, 0.2) is 27.9 Å². The van der Waals surface area contributed by atoms with Crippen LogP contribution in [-0.2, 0) is 10.0 Å². The molecule has 0 spiro atoms. The van der Waals surface area contributed by atoms with Crippen LogP contribution in [0.5, 0.6) is 0 Å². The summed E-state index contributed by atoms with van der Waals surface area (Å²) in [6.07, 6.45) is 1.29. The zero-order chi connectivity index (χ0) is 14.9. The molecule has 0 aliphatic carbocycles. The quantitative estimate of drug-likeness (QED) is 0.839. The number of hydrogen-bond acceptors (Lipinski definition) is 5. The van der Waals surface area contributed by atoms with Crippen LogP contribution in [0.25, 0.3) is 0 Å². The van der Waals surface area contributed by atoms with E-state index in [-0.39, 0.29) is 20.6 Å². The molecule has 2 aromatic rings. The van der Waals surface area contributed by atoms with Gasteiger partial charge in [0.25, 0.3) is 10.0 Å². The van der Waals surface area contributed by atoms with E-state index in [0.717, 1.165) is 17.4 Å². The number of aryl methyl sites for hydroxylation is 1. The molecule has 2 N–H and O–H groups in total. The molecule has 6 nitrogen and oxygen atoms in total. The first-order valence-electron chi connectivity index (χ1n) is 5.26. The van der Waals surface area contributed by atoms with Gasteiger partial charge in [-0.2, -0.15) is 0 Å². The highest BCUT2D eigenvalue weighted by Gasteiger charge is 2.19. The summed E-state index contributed by atoms with van der Waals surface area (Å²) >= 11 is 6.59. The topological polar surface area (TPSA) is 96.4 Å². The molecule has 0 atom stereocenters. The van der Waals surface area contributed by atoms with Gasteiger partial charge in [-0.1, -0.05) is 11.6 Å². The Kier molecular flexibility index (Phi) is 3.98. The van der Waals surface area contributed by atoms with Crippen molar-refractivity contribution in [3.05, 3.63) is 40.0 Å². The fourth-order valence-corrected chi connectivity index (χ4v) is 3.68. The average Bonchev–Trinajstić information content (AvgIpc) is 2.84. The summed E-state index contributed by atoms with van der Waals surface area (Å²) in [5.41, 5.74) is 0.822. The van der Waals surface area contributed by atoms with Crippen molar-refractivity contribution >= 4 is 44.6 Å². The third-order valence-corrected chi connectivity index (χ3v) is 5.57. The van der Waals surface area contributed by atoms with Crippen LogP contribution in [0.4, 0.5) is 5.69 Å². The third kappa shape index (κ3) is 3.09. The lowest BCUT2D eigenvalue weighted by Gasteiger charge is -2.07. The predicted octanol–water partition coefficient (Wildman–Crippen LogP) is 2.60. The summed E-state index contributed by atoms with van der Waals surface area (Å²) < 4.78 is 26.4. The second-order valence-corrected chi connectivity index (χ2v) is 7.08. The van der Waals surface area contributed by atoms with Crippen LogP contribution >= 0.6 is 22.9 Å². The van der Waals surface area contributed by atoms with E-state index in [9.17, 15) is 13.2 Å². The van der Waals surface area contributed by atoms with Crippen molar-refractivity contribution in [2.75, 3.05) is 4.72 Å². The van der Waals surface area contributed by atoms with Crippen LogP contribution in [0.3, 0.4) is 0 Å². The van der Waals surface area contributed by atoms with Gasteiger partial charge < -0.3 is 5.11 Å². The Morgan fingerprint density at radius 2 is 2.15 bits per heavy atom. The molecule has 0 aliphatic heterocycles. The van der Waals surface area contributed by atoms with Gasteiger partial charge in [-0.3, -0.25) is 4.72 Å². The van der Waals surface area contributed by atoms with Gasteiger partial charge >= 0.3 is 5.97 Å². The Balaban J connectivity index is 2.30. The van der Waals surface area contributed by atoms with Crippen molar-refractivity contribution in [3.63, 3.8) is 0 Å². The Morgan fingerprint density at radius 3 is 2.70 bits per heavy atom. The lowest BCUT2D eigenvalue weighted by atomic mass is 10.3. The van der Waals surface area contributed by atoms with E-state index in [2.05, 4.69) is 9.71 Å². The molecule has 0 unspecified atom stereocenters. The van der Waals surface area contributed by atoms with Crippen molar-refractivity contribution in [3.8, 4) is 0 Å². The number of aromatic nitrogens is 1. The first-order valence-corrected chi connectivity index (χ1v) is 8.00. The lowest BCUT2D eigenvalue weighted by molar-refractivity contribution is 0.0697. The Labute approximate surface area is 124 Å². The molecule has 2 heterocycles. The monoisotopic (exact) mass is 332 g/mol. The minimum atomic E-state index is -3.83. The van der Waals surface area contributed by atoms with E-state index in [1.54, 1.807) is 13.0 Å². The summed E-state index contributed by atoms with van der Waals surface area (Å²) in [6, 6.07) is 2.64. The molecule has 0 saturated heterocycles. The maximum absolute atomic E-state index is 12.1. The second kappa shape index (κ2) is 5.39. The predicted molar refractivity (Wildman–Crippen MR) is 76.1 cm³/mol. The van der Waals surface area contributed by atoms with Crippen LogP contribution < -0.4 is 4.72 Å². The first kappa shape index (κ1) is 14.8. The Bertz CT molecular complexity index is 770. The number of anilines is 1. The van der Waals surface area contributed by atoms with E-state index in [0.29, 0.717) is 5.56 Å². The summed E-state index contributed by atoms with van der Waals surface area (Å²) in [7, 11) is -3.83. The summed E-state index contributed by atoms with van der Waals surface area (Å²) in [4.78, 5) is 14.6. The van der Waals surface area contributed by atoms with Gasteiger partial charge in [0.1, 0.15) is 9.36 Å². The number of nitrogens with zero attached hydrogens (tertiary/aromatic N) is 1. The van der Waals surface area contributed by atoms with Gasteiger partial charge in [-0.25, -0.2) is 18.2 Å². The number of rotatable bonds is 4. The number of aromatic carboxylic acids is 1. The average molecular weight is 333 g/mol. The van der Waals surface area contributed by atoms with Crippen molar-refractivity contribution < 1.29 is 18.3 Å². The van der Waals surface area contributed by atoms with E-state index >= 15 is 0 Å². The van der Waals surface area contributed by atoms with E-state index in [4.69, 9.17) is 16.7 Å². The Morgan fingerprint density at radius 1 is 1.45 bits per heavy atom. The number of nitrogens with one attached hydrogen (secondary N) is 1. The molecular formula is C11H9ClN2O4S2. The second-order valence-electron chi connectivity index (χ2n) is 3.90. The molecule has 0 fully saturated rings. The maximum Gasteiger partial charge on any atom is 0.336 e. The molecule has 0 aromatic carbocycles. The number of halogens is 1. The zero-order valence-corrected chi connectivity index (χ0v) is 12.5. The first-order chi connectivity index (χ1) is 9.29. The number of thiophene rings is 1. The molecule has 0 aliphatic rings. The maximum atomic E-state index is 12.1. The van der Waals surface area contributed by atoms with Crippen LogP contribution in [-0.4, -0.2) is 24.5 Å². The fraction of sp³-hybridized carbons (Fsp3) is 0.0909. The number of carboxylic acids is 1. The molecule has 0 amide bonds. The summed E-state index contributed by atoms with van der Waals surface area (Å²) in [5.74, 6) is -1.17. The standard InChI is InChI=1S/C11H9ClN2O4S2/c1-6-2-8(4-13-10(6)12)14-20(17,18)9-3-7(5-19-9)11(15)16/h2-5,14H,1H3,(H,15,16).